The number of rotatable bonds is 4. The molecule has 0 spiro atoms. The van der Waals surface area contributed by atoms with Crippen LogP contribution in [0, 0.1) is 0 Å². The van der Waals surface area contributed by atoms with Crippen molar-refractivity contribution in [3.05, 3.63) is 29.8 Å². The van der Waals surface area contributed by atoms with Crippen molar-refractivity contribution in [2.75, 3.05) is 20.3 Å². The van der Waals surface area contributed by atoms with Crippen LogP contribution in [0.3, 0.4) is 0 Å². The molecular formula is C14H21NO2. The van der Waals surface area contributed by atoms with Gasteiger partial charge in [0.15, 0.2) is 0 Å². The number of benzene rings is 1. The van der Waals surface area contributed by atoms with Crippen molar-refractivity contribution in [1.82, 2.24) is 5.32 Å². The molecular weight excluding hydrogens is 214 g/mol. The van der Waals surface area contributed by atoms with Crippen molar-refractivity contribution < 1.29 is 9.47 Å². The van der Waals surface area contributed by atoms with E-state index in [0.717, 1.165) is 25.2 Å². The van der Waals surface area contributed by atoms with Crippen molar-refractivity contribution in [2.24, 2.45) is 0 Å². The summed E-state index contributed by atoms with van der Waals surface area (Å²) >= 11 is 0. The Kier molecular flexibility index (Phi) is 4.40. The molecule has 1 heterocycles. The molecule has 0 saturated carbocycles. The Morgan fingerprint density at radius 2 is 2.12 bits per heavy atom. The molecule has 0 bridgehead atoms. The van der Waals surface area contributed by atoms with Gasteiger partial charge in [0.05, 0.1) is 6.61 Å². The third-order valence-electron chi connectivity index (χ3n) is 3.23. The molecule has 1 saturated heterocycles. The van der Waals surface area contributed by atoms with E-state index >= 15 is 0 Å². The van der Waals surface area contributed by atoms with Gasteiger partial charge in [0.25, 0.3) is 0 Å². The van der Waals surface area contributed by atoms with E-state index in [2.05, 4.69) is 24.4 Å². The highest BCUT2D eigenvalue weighted by Crippen LogP contribution is 2.20. The molecule has 17 heavy (non-hydrogen) atoms. The number of hydrogen-bond donors (Lipinski definition) is 1. The van der Waals surface area contributed by atoms with E-state index in [1.165, 1.54) is 5.56 Å². The fraction of sp³-hybridized carbons (Fsp3) is 0.571. The second kappa shape index (κ2) is 6.03. The van der Waals surface area contributed by atoms with Crippen LogP contribution < -0.4 is 10.1 Å². The van der Waals surface area contributed by atoms with Gasteiger partial charge in [-0.3, -0.25) is 0 Å². The number of hydrogen-bond acceptors (Lipinski definition) is 3. The molecule has 1 fully saturated rings. The highest BCUT2D eigenvalue weighted by molar-refractivity contribution is 5.29. The van der Waals surface area contributed by atoms with E-state index in [1.54, 1.807) is 0 Å². The van der Waals surface area contributed by atoms with Gasteiger partial charge in [-0.2, -0.15) is 0 Å². The van der Waals surface area contributed by atoms with E-state index in [4.69, 9.17) is 9.47 Å². The van der Waals surface area contributed by atoms with Crippen molar-refractivity contribution in [3.8, 4) is 5.75 Å². The third-order valence-corrected chi connectivity index (χ3v) is 3.23. The number of ether oxygens (including phenoxy) is 2. The van der Waals surface area contributed by atoms with Gasteiger partial charge < -0.3 is 14.8 Å². The summed E-state index contributed by atoms with van der Waals surface area (Å²) in [5.74, 6) is 0.938. The number of nitrogens with one attached hydrogen (secondary N) is 1. The molecule has 94 valence electrons. The highest BCUT2D eigenvalue weighted by atomic mass is 16.5. The van der Waals surface area contributed by atoms with Gasteiger partial charge >= 0.3 is 0 Å². The smallest absolute Gasteiger partial charge is 0.122 e. The Bertz CT molecular complexity index is 331. The summed E-state index contributed by atoms with van der Waals surface area (Å²) in [6.07, 6.45) is 2.41. The highest BCUT2D eigenvalue weighted by Gasteiger charge is 2.15. The van der Waals surface area contributed by atoms with Crippen LogP contribution in [0.15, 0.2) is 24.3 Å². The first-order valence-electron chi connectivity index (χ1n) is 6.31. The Hall–Kier alpha value is -1.06. The predicted molar refractivity (Wildman–Crippen MR) is 68.4 cm³/mol. The first-order valence-corrected chi connectivity index (χ1v) is 6.31. The Labute approximate surface area is 103 Å². The molecule has 1 aromatic carbocycles. The summed E-state index contributed by atoms with van der Waals surface area (Å²) in [5.41, 5.74) is 1.28. The van der Waals surface area contributed by atoms with Gasteiger partial charge in [-0.05, 0) is 44.5 Å². The molecule has 3 nitrogen and oxygen atoms in total. The first kappa shape index (κ1) is 12.4. The van der Waals surface area contributed by atoms with Crippen LogP contribution in [0.1, 0.15) is 31.4 Å². The third kappa shape index (κ3) is 3.45. The van der Waals surface area contributed by atoms with Crippen molar-refractivity contribution in [2.45, 2.75) is 31.9 Å². The van der Waals surface area contributed by atoms with Crippen LogP contribution in [0.2, 0.25) is 0 Å². The lowest BCUT2D eigenvalue weighted by Crippen LogP contribution is -2.27. The molecule has 3 heteroatoms. The quantitative estimate of drug-likeness (QED) is 0.870. The minimum absolute atomic E-state index is 0.219. The molecule has 2 rings (SSSR count). The van der Waals surface area contributed by atoms with Crippen LogP contribution in [0.5, 0.6) is 5.75 Å². The van der Waals surface area contributed by atoms with Crippen LogP contribution in [0.25, 0.3) is 0 Å². The maximum absolute atomic E-state index is 5.88. The van der Waals surface area contributed by atoms with E-state index in [0.29, 0.717) is 12.6 Å². The summed E-state index contributed by atoms with van der Waals surface area (Å²) in [4.78, 5) is 0. The van der Waals surface area contributed by atoms with Gasteiger partial charge in [-0.15, -0.1) is 0 Å². The summed E-state index contributed by atoms with van der Waals surface area (Å²) in [6.45, 7) is 3.73. The second-order valence-corrected chi connectivity index (χ2v) is 4.54. The van der Waals surface area contributed by atoms with Crippen molar-refractivity contribution in [3.63, 3.8) is 0 Å². The monoisotopic (exact) mass is 235 g/mol. The van der Waals surface area contributed by atoms with E-state index in [1.807, 2.05) is 19.2 Å². The lowest BCUT2D eigenvalue weighted by molar-refractivity contribution is 0.00742. The Morgan fingerprint density at radius 1 is 1.35 bits per heavy atom. The van der Waals surface area contributed by atoms with Crippen molar-refractivity contribution >= 4 is 0 Å². The molecule has 0 aliphatic carbocycles. The fourth-order valence-corrected chi connectivity index (χ4v) is 2.00. The van der Waals surface area contributed by atoms with Gasteiger partial charge in [0.1, 0.15) is 11.9 Å². The van der Waals surface area contributed by atoms with Crippen LogP contribution in [-0.4, -0.2) is 26.4 Å². The molecule has 0 amide bonds. The van der Waals surface area contributed by atoms with Crippen LogP contribution >= 0.6 is 0 Å². The summed E-state index contributed by atoms with van der Waals surface area (Å²) in [5, 5.41) is 3.22. The average molecular weight is 235 g/mol. The van der Waals surface area contributed by atoms with E-state index in [9.17, 15) is 0 Å². The molecule has 1 N–H and O–H groups in total. The van der Waals surface area contributed by atoms with Crippen molar-refractivity contribution in [1.29, 1.82) is 0 Å². The first-order chi connectivity index (χ1) is 8.29. The summed E-state index contributed by atoms with van der Waals surface area (Å²) < 4.78 is 11.3. The Morgan fingerprint density at radius 3 is 2.71 bits per heavy atom. The van der Waals surface area contributed by atoms with Gasteiger partial charge in [0.2, 0.25) is 0 Å². The standard InChI is InChI=1S/C14H21NO2/c1-11(15-2)12-5-7-13(8-6-12)17-14-4-3-9-16-10-14/h5-8,11,14-15H,3-4,9-10H2,1-2H3. The minimum Gasteiger partial charge on any atom is -0.488 e. The lowest BCUT2D eigenvalue weighted by atomic mass is 10.1. The van der Waals surface area contributed by atoms with E-state index in [-0.39, 0.29) is 6.10 Å². The molecule has 1 aliphatic rings. The minimum atomic E-state index is 0.219. The molecule has 0 radical (unpaired) electrons. The molecule has 1 aliphatic heterocycles. The lowest BCUT2D eigenvalue weighted by Gasteiger charge is -2.23. The van der Waals surface area contributed by atoms with Gasteiger partial charge in [0, 0.05) is 12.6 Å². The predicted octanol–water partition coefficient (Wildman–Crippen LogP) is 2.52. The summed E-state index contributed by atoms with van der Waals surface area (Å²) in [6, 6.07) is 8.68. The second-order valence-electron chi connectivity index (χ2n) is 4.54. The normalized spacial score (nSPS) is 22.1. The average Bonchev–Trinajstić information content (AvgIpc) is 2.40. The molecule has 2 atom stereocenters. The fourth-order valence-electron chi connectivity index (χ4n) is 2.00. The summed E-state index contributed by atoms with van der Waals surface area (Å²) in [7, 11) is 1.97. The molecule has 1 aromatic rings. The van der Waals surface area contributed by atoms with Crippen LogP contribution in [-0.2, 0) is 4.74 Å². The topological polar surface area (TPSA) is 30.5 Å². The van der Waals surface area contributed by atoms with Gasteiger partial charge in [-0.1, -0.05) is 12.1 Å². The largest absolute Gasteiger partial charge is 0.488 e. The zero-order chi connectivity index (χ0) is 12.1. The Balaban J connectivity index is 1.93. The molecule has 0 aromatic heterocycles. The zero-order valence-electron chi connectivity index (χ0n) is 10.6. The van der Waals surface area contributed by atoms with E-state index < -0.39 is 0 Å². The zero-order valence-corrected chi connectivity index (χ0v) is 10.6. The van der Waals surface area contributed by atoms with Gasteiger partial charge in [-0.25, -0.2) is 0 Å². The maximum Gasteiger partial charge on any atom is 0.122 e. The maximum atomic E-state index is 5.88. The molecule has 2 unspecified atom stereocenters. The van der Waals surface area contributed by atoms with Crippen LogP contribution in [0.4, 0.5) is 0 Å². The SMILES string of the molecule is CNC(C)c1ccc(OC2CCCOC2)cc1.